The lowest BCUT2D eigenvalue weighted by molar-refractivity contribution is 0.394. The van der Waals surface area contributed by atoms with Gasteiger partial charge in [-0.15, -0.1) is 10.2 Å². The molecule has 4 heterocycles. The standard InChI is InChI=1S/C17H19N7O3S/c1-9-5-11(23-28(25,26)14-7-20-27-10(14)2)6-12(9)17-22-21-15-8-19-16-13(24(15)17)3-4-18-16/h3-4,7-9,11-12,18,23H,5-6H2,1-2H3/t9-,11+,12+/m1/s1. The van der Waals surface area contributed by atoms with Gasteiger partial charge in [0.05, 0.1) is 17.9 Å². The molecule has 0 aromatic carbocycles. The Balaban J connectivity index is 1.46. The van der Waals surface area contributed by atoms with Crippen molar-refractivity contribution in [3.63, 3.8) is 0 Å². The molecule has 0 radical (unpaired) electrons. The van der Waals surface area contributed by atoms with Crippen LogP contribution in [0.25, 0.3) is 16.8 Å². The first-order chi connectivity index (χ1) is 13.4. The molecule has 0 aliphatic heterocycles. The van der Waals surface area contributed by atoms with Crippen molar-refractivity contribution in [3.8, 4) is 0 Å². The number of nitrogens with one attached hydrogen (secondary N) is 2. The number of aromatic nitrogens is 6. The maximum Gasteiger partial charge on any atom is 0.245 e. The Kier molecular flexibility index (Phi) is 3.78. The molecular formula is C17H19N7O3S. The van der Waals surface area contributed by atoms with E-state index in [1.165, 1.54) is 6.20 Å². The average molecular weight is 401 g/mol. The van der Waals surface area contributed by atoms with Crippen LogP contribution in [0.5, 0.6) is 0 Å². The smallest absolute Gasteiger partial charge is 0.245 e. The highest BCUT2D eigenvalue weighted by atomic mass is 32.2. The molecule has 5 rings (SSSR count). The molecule has 0 amide bonds. The molecule has 0 bridgehead atoms. The molecule has 4 aromatic rings. The van der Waals surface area contributed by atoms with E-state index in [-0.39, 0.29) is 28.5 Å². The minimum absolute atomic E-state index is 0.0757. The van der Waals surface area contributed by atoms with Crippen molar-refractivity contribution in [2.75, 3.05) is 0 Å². The molecule has 28 heavy (non-hydrogen) atoms. The van der Waals surface area contributed by atoms with Gasteiger partial charge >= 0.3 is 0 Å². The van der Waals surface area contributed by atoms with Gasteiger partial charge in [0.15, 0.2) is 17.1 Å². The summed E-state index contributed by atoms with van der Waals surface area (Å²) in [6.07, 6.45) is 6.10. The second-order valence-electron chi connectivity index (χ2n) is 7.34. The summed E-state index contributed by atoms with van der Waals surface area (Å²) in [5, 5.41) is 12.2. The molecule has 11 heteroatoms. The van der Waals surface area contributed by atoms with E-state index in [1.54, 1.807) is 13.1 Å². The summed E-state index contributed by atoms with van der Waals surface area (Å²) in [7, 11) is -3.68. The zero-order valence-electron chi connectivity index (χ0n) is 15.3. The van der Waals surface area contributed by atoms with Gasteiger partial charge in [-0.2, -0.15) is 0 Å². The molecule has 1 aliphatic rings. The van der Waals surface area contributed by atoms with Crippen molar-refractivity contribution in [1.82, 2.24) is 34.4 Å². The summed E-state index contributed by atoms with van der Waals surface area (Å²) >= 11 is 0. The highest BCUT2D eigenvalue weighted by Gasteiger charge is 2.38. The van der Waals surface area contributed by atoms with Gasteiger partial charge in [-0.1, -0.05) is 12.1 Å². The maximum absolute atomic E-state index is 12.7. The Morgan fingerprint density at radius 2 is 2.14 bits per heavy atom. The molecule has 146 valence electrons. The number of fused-ring (bicyclic) bond motifs is 3. The van der Waals surface area contributed by atoms with Crippen LogP contribution in [0, 0.1) is 12.8 Å². The van der Waals surface area contributed by atoms with E-state index in [0.717, 1.165) is 17.0 Å². The van der Waals surface area contributed by atoms with Crippen molar-refractivity contribution >= 4 is 26.8 Å². The second-order valence-corrected chi connectivity index (χ2v) is 9.02. The molecule has 1 fully saturated rings. The number of aryl methyl sites for hydroxylation is 1. The Labute approximate surface area is 160 Å². The quantitative estimate of drug-likeness (QED) is 0.533. The van der Waals surface area contributed by atoms with Gasteiger partial charge in [0.2, 0.25) is 10.0 Å². The number of aromatic amines is 1. The number of hydrogen-bond donors (Lipinski definition) is 2. The maximum atomic E-state index is 12.7. The van der Waals surface area contributed by atoms with Gasteiger partial charge in [-0.3, -0.25) is 4.40 Å². The minimum atomic E-state index is -3.68. The third kappa shape index (κ3) is 2.61. The van der Waals surface area contributed by atoms with Crippen molar-refractivity contribution in [1.29, 1.82) is 0 Å². The number of nitrogens with zero attached hydrogens (tertiary/aromatic N) is 5. The lowest BCUT2D eigenvalue weighted by Crippen LogP contribution is -2.33. The van der Waals surface area contributed by atoms with Crippen LogP contribution in [0.15, 0.2) is 34.1 Å². The van der Waals surface area contributed by atoms with Crippen molar-refractivity contribution in [3.05, 3.63) is 36.2 Å². The van der Waals surface area contributed by atoms with Gasteiger partial charge in [-0.05, 0) is 31.7 Å². The molecule has 1 aliphatic carbocycles. The van der Waals surface area contributed by atoms with Crippen molar-refractivity contribution < 1.29 is 12.9 Å². The van der Waals surface area contributed by atoms with E-state index in [4.69, 9.17) is 4.52 Å². The van der Waals surface area contributed by atoms with E-state index in [2.05, 4.69) is 37.0 Å². The van der Waals surface area contributed by atoms with Crippen LogP contribution in [0.3, 0.4) is 0 Å². The first-order valence-corrected chi connectivity index (χ1v) is 10.5. The number of H-pyrrole nitrogens is 1. The van der Waals surface area contributed by atoms with Crippen molar-refractivity contribution in [2.45, 2.75) is 43.5 Å². The zero-order valence-corrected chi connectivity index (χ0v) is 16.1. The fourth-order valence-corrected chi connectivity index (χ4v) is 5.53. The predicted octanol–water partition coefficient (Wildman–Crippen LogP) is 1.76. The lowest BCUT2D eigenvalue weighted by atomic mass is 9.97. The van der Waals surface area contributed by atoms with E-state index in [9.17, 15) is 8.42 Å². The summed E-state index contributed by atoms with van der Waals surface area (Å²) in [6, 6.07) is 1.74. The Hall–Kier alpha value is -2.79. The van der Waals surface area contributed by atoms with Gasteiger partial charge < -0.3 is 9.51 Å². The summed E-state index contributed by atoms with van der Waals surface area (Å²) in [6.45, 7) is 3.69. The van der Waals surface area contributed by atoms with E-state index < -0.39 is 10.0 Å². The second kappa shape index (κ2) is 6.11. The molecule has 0 spiro atoms. The molecule has 0 unspecified atom stereocenters. The highest BCUT2D eigenvalue weighted by molar-refractivity contribution is 7.89. The minimum Gasteiger partial charge on any atom is -0.360 e. The zero-order chi connectivity index (χ0) is 19.5. The van der Waals surface area contributed by atoms with E-state index in [0.29, 0.717) is 18.5 Å². The van der Waals surface area contributed by atoms with Crippen LogP contribution in [0.2, 0.25) is 0 Å². The Bertz CT molecular complexity index is 1270. The SMILES string of the molecule is Cc1oncc1S(=O)(=O)N[C@H]1C[C@@H](C)[C@@H](c2nnc3cnc4[nH]ccc4n23)C1. The van der Waals surface area contributed by atoms with E-state index in [1.807, 2.05) is 16.7 Å². The van der Waals surface area contributed by atoms with Crippen LogP contribution in [-0.4, -0.2) is 44.2 Å². The monoisotopic (exact) mass is 401 g/mol. The number of hydrogen-bond acceptors (Lipinski definition) is 7. The highest BCUT2D eigenvalue weighted by Crippen LogP contribution is 2.40. The Morgan fingerprint density at radius 3 is 2.93 bits per heavy atom. The van der Waals surface area contributed by atoms with Crippen molar-refractivity contribution in [2.24, 2.45) is 5.92 Å². The first kappa shape index (κ1) is 17.3. The molecule has 0 saturated heterocycles. The third-order valence-corrected chi connectivity index (χ3v) is 7.11. The normalized spacial score (nSPS) is 23.1. The Morgan fingerprint density at radius 1 is 1.29 bits per heavy atom. The summed E-state index contributed by atoms with van der Waals surface area (Å²) in [5.74, 6) is 1.43. The largest absolute Gasteiger partial charge is 0.360 e. The first-order valence-electron chi connectivity index (χ1n) is 9.05. The van der Waals surface area contributed by atoms with Crippen LogP contribution >= 0.6 is 0 Å². The van der Waals surface area contributed by atoms with Gasteiger partial charge in [0, 0.05) is 18.2 Å². The average Bonchev–Trinajstić information content (AvgIpc) is 3.39. The van der Waals surface area contributed by atoms with Crippen LogP contribution in [-0.2, 0) is 10.0 Å². The summed E-state index contributed by atoms with van der Waals surface area (Å²) in [4.78, 5) is 7.52. The van der Waals surface area contributed by atoms with Crippen LogP contribution in [0.1, 0.15) is 37.3 Å². The van der Waals surface area contributed by atoms with Gasteiger partial charge in [0.1, 0.15) is 10.7 Å². The lowest BCUT2D eigenvalue weighted by Gasteiger charge is -2.13. The van der Waals surface area contributed by atoms with E-state index >= 15 is 0 Å². The van der Waals surface area contributed by atoms with Gasteiger partial charge in [-0.25, -0.2) is 18.1 Å². The topological polar surface area (TPSA) is 131 Å². The molecule has 10 nitrogen and oxygen atoms in total. The summed E-state index contributed by atoms with van der Waals surface area (Å²) in [5.41, 5.74) is 2.35. The number of sulfonamides is 1. The van der Waals surface area contributed by atoms with Crippen LogP contribution < -0.4 is 4.72 Å². The van der Waals surface area contributed by atoms with Crippen LogP contribution in [0.4, 0.5) is 0 Å². The molecule has 2 N–H and O–H groups in total. The third-order valence-electron chi connectivity index (χ3n) is 5.50. The fourth-order valence-electron chi connectivity index (χ4n) is 4.17. The molecule has 1 saturated carbocycles. The fraction of sp³-hybridized carbons (Fsp3) is 0.412. The van der Waals surface area contributed by atoms with Gasteiger partial charge in [0.25, 0.3) is 0 Å². The predicted molar refractivity (Wildman–Crippen MR) is 99.1 cm³/mol. The molecule has 3 atom stereocenters. The molecular weight excluding hydrogens is 382 g/mol. The summed E-state index contributed by atoms with van der Waals surface area (Å²) < 4.78 is 35.0. The number of rotatable bonds is 4. The molecule has 4 aromatic heterocycles.